The van der Waals surface area contributed by atoms with E-state index in [1.165, 1.54) is 27.1 Å². The van der Waals surface area contributed by atoms with E-state index in [9.17, 15) is 5.26 Å². The van der Waals surface area contributed by atoms with Crippen molar-refractivity contribution in [3.63, 3.8) is 0 Å². The molecule has 258 valence electrons. The maximum absolute atomic E-state index is 9.74. The molecule has 10 rings (SSSR count). The van der Waals surface area contributed by atoms with Crippen molar-refractivity contribution in [2.24, 2.45) is 4.99 Å². The van der Waals surface area contributed by atoms with E-state index in [0.717, 1.165) is 78.0 Å². The highest BCUT2D eigenvalue weighted by Gasteiger charge is 2.23. The molecule has 0 unspecified atom stereocenters. The minimum atomic E-state index is 0.639. The molecule has 0 radical (unpaired) electrons. The van der Waals surface area contributed by atoms with Crippen LogP contribution in [0.2, 0.25) is 0 Å². The molecule has 9 aromatic rings. The molecule has 0 bridgehead atoms. The van der Waals surface area contributed by atoms with E-state index >= 15 is 0 Å². The zero-order chi connectivity index (χ0) is 36.9. The van der Waals surface area contributed by atoms with E-state index in [1.807, 2.05) is 42.6 Å². The fourth-order valence-electron chi connectivity index (χ4n) is 8.15. The molecule has 2 aromatic heterocycles. The van der Waals surface area contributed by atoms with E-state index in [-0.39, 0.29) is 0 Å². The van der Waals surface area contributed by atoms with Gasteiger partial charge in [0.2, 0.25) is 0 Å². The summed E-state index contributed by atoms with van der Waals surface area (Å²) in [5.41, 5.74) is 13.3. The van der Waals surface area contributed by atoms with Crippen LogP contribution in [0, 0.1) is 11.3 Å². The molecule has 0 N–H and O–H groups in total. The van der Waals surface area contributed by atoms with Crippen molar-refractivity contribution in [2.75, 3.05) is 0 Å². The van der Waals surface area contributed by atoms with Gasteiger partial charge in [0.15, 0.2) is 0 Å². The minimum Gasteiger partial charge on any atom is -0.456 e. The van der Waals surface area contributed by atoms with Crippen LogP contribution in [0.15, 0.2) is 185 Å². The summed E-state index contributed by atoms with van der Waals surface area (Å²) in [4.78, 5) is 10.6. The molecular formula is C51H33N3O. The zero-order valence-electron chi connectivity index (χ0n) is 30.1. The number of aromatic nitrogens is 1. The Bertz CT molecular complexity index is 3120. The van der Waals surface area contributed by atoms with E-state index in [1.54, 1.807) is 0 Å². The van der Waals surface area contributed by atoms with E-state index in [2.05, 4.69) is 140 Å². The fourth-order valence-corrected chi connectivity index (χ4v) is 8.15. The number of pyridine rings is 1. The molecule has 7 aromatic carbocycles. The number of fused-ring (bicyclic) bond motifs is 6. The van der Waals surface area contributed by atoms with Crippen LogP contribution < -0.4 is 0 Å². The Balaban J connectivity index is 1.17. The van der Waals surface area contributed by atoms with Crippen LogP contribution in [0.3, 0.4) is 0 Å². The lowest BCUT2D eigenvalue weighted by molar-refractivity contribution is 0.668. The lowest BCUT2D eigenvalue weighted by Crippen LogP contribution is -2.01. The van der Waals surface area contributed by atoms with Crippen LogP contribution in [-0.4, -0.2) is 10.7 Å². The van der Waals surface area contributed by atoms with Gasteiger partial charge < -0.3 is 4.42 Å². The first-order valence-electron chi connectivity index (χ1n) is 18.5. The second-order valence-corrected chi connectivity index (χ2v) is 14.0. The summed E-state index contributed by atoms with van der Waals surface area (Å²) < 4.78 is 6.55. The van der Waals surface area contributed by atoms with Gasteiger partial charge in [0.25, 0.3) is 0 Å². The smallest absolute Gasteiger partial charge is 0.139 e. The Morgan fingerprint density at radius 1 is 0.582 bits per heavy atom. The van der Waals surface area contributed by atoms with Crippen LogP contribution in [0.5, 0.6) is 0 Å². The fraction of sp³-hybridized carbons (Fsp3) is 0.0392. The number of hydrogen-bond acceptors (Lipinski definition) is 4. The maximum atomic E-state index is 9.74. The van der Waals surface area contributed by atoms with Gasteiger partial charge >= 0.3 is 0 Å². The quantitative estimate of drug-likeness (QED) is 0.168. The third-order valence-corrected chi connectivity index (χ3v) is 10.9. The number of aliphatic imine (C=N–C) groups is 1. The molecule has 4 heteroatoms. The maximum Gasteiger partial charge on any atom is 0.139 e. The largest absolute Gasteiger partial charge is 0.456 e. The molecule has 1 aliphatic rings. The number of benzene rings is 7. The molecule has 0 fully saturated rings. The second-order valence-electron chi connectivity index (χ2n) is 14.0. The van der Waals surface area contributed by atoms with Crippen molar-refractivity contribution in [1.29, 1.82) is 5.26 Å². The standard InChI is InChI=1S/C51H33N3O/c1-32-39(33-11-3-2-4-12-33)24-25-46(35-21-19-34(20-22-35)40-15-7-6-14-38(40)31-52)54-50(32)51-49-45-30-37(23-26-47(45)55-48(49)27-28-53-51)44-29-36-13-5-8-16-41(36)42-17-9-10-18-43(42)44/h2-24,26-30H,25H2,1H3. The summed E-state index contributed by atoms with van der Waals surface area (Å²) in [6.45, 7) is 2.15. The van der Waals surface area contributed by atoms with Crippen LogP contribution in [0.1, 0.15) is 35.7 Å². The van der Waals surface area contributed by atoms with Crippen molar-refractivity contribution >= 4 is 60.5 Å². The number of allylic oxidation sites excluding steroid dienone is 3. The van der Waals surface area contributed by atoms with Gasteiger partial charge in [-0.15, -0.1) is 0 Å². The molecule has 0 amide bonds. The van der Waals surface area contributed by atoms with Crippen molar-refractivity contribution in [3.8, 4) is 28.3 Å². The first kappa shape index (κ1) is 32.3. The number of nitriles is 1. The van der Waals surface area contributed by atoms with Gasteiger partial charge in [-0.25, -0.2) is 4.99 Å². The van der Waals surface area contributed by atoms with Crippen LogP contribution in [-0.2, 0) is 0 Å². The Labute approximate surface area is 318 Å². The van der Waals surface area contributed by atoms with Crippen LogP contribution in [0.4, 0.5) is 0 Å². The summed E-state index contributed by atoms with van der Waals surface area (Å²) in [6, 6.07) is 56.9. The van der Waals surface area contributed by atoms with E-state index < -0.39 is 0 Å². The molecule has 0 saturated carbocycles. The van der Waals surface area contributed by atoms with Crippen molar-refractivity contribution in [1.82, 2.24) is 4.98 Å². The van der Waals surface area contributed by atoms with Crippen molar-refractivity contribution in [3.05, 3.63) is 198 Å². The van der Waals surface area contributed by atoms with Gasteiger partial charge in [-0.2, -0.15) is 5.26 Å². The Hall–Kier alpha value is -7.35. The monoisotopic (exact) mass is 703 g/mol. The average molecular weight is 704 g/mol. The van der Waals surface area contributed by atoms with Gasteiger partial charge in [-0.3, -0.25) is 4.98 Å². The first-order valence-corrected chi connectivity index (χ1v) is 18.5. The lowest BCUT2D eigenvalue weighted by Gasteiger charge is -2.13. The van der Waals surface area contributed by atoms with Crippen molar-refractivity contribution < 1.29 is 4.42 Å². The number of nitrogens with zero attached hydrogens (tertiary/aromatic N) is 3. The van der Waals surface area contributed by atoms with E-state index in [0.29, 0.717) is 12.0 Å². The lowest BCUT2D eigenvalue weighted by atomic mass is 9.92. The molecule has 4 nitrogen and oxygen atoms in total. The Kier molecular flexibility index (Phi) is 7.79. The van der Waals surface area contributed by atoms with Gasteiger partial charge in [0.1, 0.15) is 16.9 Å². The van der Waals surface area contributed by atoms with Crippen LogP contribution >= 0.6 is 0 Å². The predicted octanol–water partition coefficient (Wildman–Crippen LogP) is 13.2. The summed E-state index contributed by atoms with van der Waals surface area (Å²) in [6.07, 6.45) is 4.75. The molecule has 0 saturated heterocycles. The SMILES string of the molecule is CC1=C(c2nccc3oc4ccc(-c5cc6ccccc6c6ccccc56)cc4c23)N=C(c2ccc(-c3ccccc3C#N)cc2)CC=C1c1ccccc1. The average Bonchev–Trinajstić information content (AvgIpc) is 3.54. The topological polar surface area (TPSA) is 62.2 Å². The zero-order valence-corrected chi connectivity index (χ0v) is 30.1. The van der Waals surface area contributed by atoms with Crippen molar-refractivity contribution in [2.45, 2.75) is 13.3 Å². The van der Waals surface area contributed by atoms with Crippen LogP contribution in [0.25, 0.3) is 77.0 Å². The highest BCUT2D eigenvalue weighted by atomic mass is 16.3. The normalized spacial score (nSPS) is 13.2. The second kappa shape index (κ2) is 13.3. The van der Waals surface area contributed by atoms with E-state index in [4.69, 9.17) is 14.4 Å². The van der Waals surface area contributed by atoms with Gasteiger partial charge in [-0.05, 0) is 103 Å². The minimum absolute atomic E-state index is 0.639. The molecule has 1 aliphatic heterocycles. The molecule has 0 aliphatic carbocycles. The molecular weight excluding hydrogens is 671 g/mol. The highest BCUT2D eigenvalue weighted by molar-refractivity contribution is 6.17. The number of rotatable bonds is 5. The summed E-state index contributed by atoms with van der Waals surface area (Å²) in [5, 5.41) is 16.6. The third-order valence-electron chi connectivity index (χ3n) is 10.9. The molecule has 55 heavy (non-hydrogen) atoms. The first-order chi connectivity index (χ1) is 27.1. The van der Waals surface area contributed by atoms with Gasteiger partial charge in [-0.1, -0.05) is 133 Å². The molecule has 3 heterocycles. The predicted molar refractivity (Wildman–Crippen MR) is 227 cm³/mol. The number of furan rings is 1. The molecule has 0 atom stereocenters. The molecule has 0 spiro atoms. The highest BCUT2D eigenvalue weighted by Crippen LogP contribution is 2.42. The Morgan fingerprint density at radius 3 is 2.13 bits per heavy atom. The summed E-state index contributed by atoms with van der Waals surface area (Å²) in [7, 11) is 0. The Morgan fingerprint density at radius 2 is 1.29 bits per heavy atom. The number of hydrogen-bond donors (Lipinski definition) is 0. The third kappa shape index (κ3) is 5.53. The van der Waals surface area contributed by atoms with Gasteiger partial charge in [0, 0.05) is 18.0 Å². The van der Waals surface area contributed by atoms with Gasteiger partial charge in [0.05, 0.1) is 28.4 Å². The summed E-state index contributed by atoms with van der Waals surface area (Å²) >= 11 is 0. The summed E-state index contributed by atoms with van der Waals surface area (Å²) in [5.74, 6) is 0.